The predicted octanol–water partition coefficient (Wildman–Crippen LogP) is 3.80. The van der Waals surface area contributed by atoms with Gasteiger partial charge in [0, 0.05) is 18.8 Å². The molecule has 27 heavy (non-hydrogen) atoms. The molecule has 1 aliphatic heterocycles. The zero-order valence-electron chi connectivity index (χ0n) is 15.3. The standard InChI is InChI=1S/C20H20ClNO5/c1-25-16-7-5-14(11-15(16)21)22-19(23)9-13(10-20(22)24)12-4-6-17(26-2)18(8-12)27-3/h4-8,11,13H,9-10H2,1-3H3. The number of carbonyl (C=O) groups excluding carboxylic acids is 2. The van der Waals surface area contributed by atoms with Gasteiger partial charge < -0.3 is 14.2 Å². The van der Waals surface area contributed by atoms with E-state index in [0.717, 1.165) is 5.56 Å². The van der Waals surface area contributed by atoms with Crippen LogP contribution in [0.5, 0.6) is 17.2 Å². The third-order valence-electron chi connectivity index (χ3n) is 4.61. The van der Waals surface area contributed by atoms with Gasteiger partial charge in [-0.15, -0.1) is 0 Å². The third kappa shape index (κ3) is 3.71. The Morgan fingerprint density at radius 2 is 1.44 bits per heavy atom. The fourth-order valence-corrected chi connectivity index (χ4v) is 3.49. The smallest absolute Gasteiger partial charge is 0.234 e. The molecule has 0 atom stereocenters. The number of anilines is 1. The molecule has 6 nitrogen and oxygen atoms in total. The molecule has 0 N–H and O–H groups in total. The van der Waals surface area contributed by atoms with Crippen LogP contribution in [-0.4, -0.2) is 33.1 Å². The molecule has 0 aliphatic carbocycles. The van der Waals surface area contributed by atoms with Crippen LogP contribution in [0.3, 0.4) is 0 Å². The molecule has 0 radical (unpaired) electrons. The fourth-order valence-electron chi connectivity index (χ4n) is 3.24. The van der Waals surface area contributed by atoms with Crippen molar-refractivity contribution in [2.24, 2.45) is 0 Å². The highest BCUT2D eigenvalue weighted by Gasteiger charge is 2.35. The molecular weight excluding hydrogens is 370 g/mol. The van der Waals surface area contributed by atoms with Crippen LogP contribution < -0.4 is 19.1 Å². The minimum Gasteiger partial charge on any atom is -0.495 e. The first-order valence-corrected chi connectivity index (χ1v) is 8.77. The van der Waals surface area contributed by atoms with Crippen molar-refractivity contribution in [3.8, 4) is 17.2 Å². The van der Waals surface area contributed by atoms with E-state index in [1.54, 1.807) is 38.5 Å². The lowest BCUT2D eigenvalue weighted by molar-refractivity contribution is -0.129. The molecule has 142 valence electrons. The summed E-state index contributed by atoms with van der Waals surface area (Å²) < 4.78 is 15.7. The second kappa shape index (κ2) is 7.88. The minimum absolute atomic E-state index is 0.213. The number of imide groups is 1. The first-order chi connectivity index (χ1) is 13.0. The van der Waals surface area contributed by atoms with Crippen LogP contribution >= 0.6 is 11.6 Å². The fraction of sp³-hybridized carbons (Fsp3) is 0.300. The van der Waals surface area contributed by atoms with E-state index in [-0.39, 0.29) is 30.6 Å². The van der Waals surface area contributed by atoms with Crippen LogP contribution in [0.4, 0.5) is 5.69 Å². The average Bonchev–Trinajstić information content (AvgIpc) is 2.67. The van der Waals surface area contributed by atoms with E-state index in [0.29, 0.717) is 28.0 Å². The Kier molecular flexibility index (Phi) is 5.56. The first-order valence-electron chi connectivity index (χ1n) is 8.39. The molecule has 1 fully saturated rings. The Labute approximate surface area is 162 Å². The van der Waals surface area contributed by atoms with Crippen molar-refractivity contribution in [1.82, 2.24) is 0 Å². The summed E-state index contributed by atoms with van der Waals surface area (Å²) in [6, 6.07) is 10.3. The second-order valence-corrected chi connectivity index (χ2v) is 6.57. The van der Waals surface area contributed by atoms with Crippen molar-refractivity contribution in [2.45, 2.75) is 18.8 Å². The van der Waals surface area contributed by atoms with Crippen molar-refractivity contribution in [2.75, 3.05) is 26.2 Å². The predicted molar refractivity (Wildman–Crippen MR) is 102 cm³/mol. The van der Waals surface area contributed by atoms with Crippen LogP contribution in [0.1, 0.15) is 24.3 Å². The van der Waals surface area contributed by atoms with Crippen LogP contribution in [-0.2, 0) is 9.59 Å². The van der Waals surface area contributed by atoms with E-state index < -0.39 is 0 Å². The van der Waals surface area contributed by atoms with Crippen molar-refractivity contribution in [3.63, 3.8) is 0 Å². The number of halogens is 1. The molecule has 3 rings (SSSR count). The van der Waals surface area contributed by atoms with Crippen LogP contribution in [0.25, 0.3) is 0 Å². The molecule has 2 amide bonds. The number of nitrogens with zero attached hydrogens (tertiary/aromatic N) is 1. The van der Waals surface area contributed by atoms with Crippen LogP contribution in [0.2, 0.25) is 5.02 Å². The molecule has 7 heteroatoms. The van der Waals surface area contributed by atoms with Gasteiger partial charge in [-0.05, 0) is 35.9 Å². The number of methoxy groups -OCH3 is 3. The van der Waals surface area contributed by atoms with Gasteiger partial charge >= 0.3 is 0 Å². The number of hydrogen-bond donors (Lipinski definition) is 0. The van der Waals surface area contributed by atoms with Gasteiger partial charge in [-0.1, -0.05) is 17.7 Å². The molecular formula is C20H20ClNO5. The third-order valence-corrected chi connectivity index (χ3v) is 4.91. The van der Waals surface area contributed by atoms with Crippen molar-refractivity contribution in [1.29, 1.82) is 0 Å². The van der Waals surface area contributed by atoms with Gasteiger partial charge in [-0.3, -0.25) is 14.5 Å². The van der Waals surface area contributed by atoms with Gasteiger partial charge in [0.2, 0.25) is 11.8 Å². The molecule has 1 saturated heterocycles. The monoisotopic (exact) mass is 389 g/mol. The lowest BCUT2D eigenvalue weighted by atomic mass is 9.88. The summed E-state index contributed by atoms with van der Waals surface area (Å²) >= 11 is 6.13. The minimum atomic E-state index is -0.271. The van der Waals surface area contributed by atoms with Gasteiger partial charge in [0.05, 0.1) is 32.0 Å². The molecule has 0 bridgehead atoms. The second-order valence-electron chi connectivity index (χ2n) is 6.16. The Morgan fingerprint density at radius 3 is 2.00 bits per heavy atom. The summed E-state index contributed by atoms with van der Waals surface area (Å²) in [5, 5.41) is 0.345. The molecule has 0 saturated carbocycles. The summed E-state index contributed by atoms with van der Waals surface area (Å²) in [5.41, 5.74) is 1.31. The van der Waals surface area contributed by atoms with Gasteiger partial charge in [0.25, 0.3) is 0 Å². The normalized spacial score (nSPS) is 15.0. The van der Waals surface area contributed by atoms with E-state index in [9.17, 15) is 9.59 Å². The van der Waals surface area contributed by atoms with Crippen LogP contribution in [0.15, 0.2) is 36.4 Å². The van der Waals surface area contributed by atoms with Crippen molar-refractivity contribution < 1.29 is 23.8 Å². The van der Waals surface area contributed by atoms with E-state index in [1.807, 2.05) is 12.1 Å². The number of ether oxygens (including phenoxy) is 3. The number of carbonyl (C=O) groups is 2. The lowest BCUT2D eigenvalue weighted by Crippen LogP contribution is -2.42. The number of hydrogen-bond acceptors (Lipinski definition) is 5. The average molecular weight is 390 g/mol. The maximum Gasteiger partial charge on any atom is 0.234 e. The highest BCUT2D eigenvalue weighted by molar-refractivity contribution is 6.32. The molecule has 0 unspecified atom stereocenters. The molecule has 1 aliphatic rings. The molecule has 2 aromatic rings. The van der Waals surface area contributed by atoms with E-state index in [2.05, 4.69) is 0 Å². The van der Waals surface area contributed by atoms with Gasteiger partial charge in [-0.25, -0.2) is 0 Å². The molecule has 0 spiro atoms. The van der Waals surface area contributed by atoms with Crippen molar-refractivity contribution >= 4 is 29.1 Å². The van der Waals surface area contributed by atoms with Crippen molar-refractivity contribution in [3.05, 3.63) is 47.0 Å². The van der Waals surface area contributed by atoms with E-state index in [4.69, 9.17) is 25.8 Å². The molecule has 1 heterocycles. The largest absolute Gasteiger partial charge is 0.495 e. The Morgan fingerprint density at radius 1 is 0.852 bits per heavy atom. The quantitative estimate of drug-likeness (QED) is 0.728. The van der Waals surface area contributed by atoms with E-state index >= 15 is 0 Å². The summed E-state index contributed by atoms with van der Waals surface area (Å²) in [6.45, 7) is 0. The highest BCUT2D eigenvalue weighted by atomic mass is 35.5. The number of piperidine rings is 1. The number of amides is 2. The number of benzene rings is 2. The van der Waals surface area contributed by atoms with Gasteiger partial charge in [0.15, 0.2) is 11.5 Å². The lowest BCUT2D eigenvalue weighted by Gasteiger charge is -2.30. The highest BCUT2D eigenvalue weighted by Crippen LogP contribution is 2.38. The first kappa shape index (κ1) is 19.0. The summed E-state index contributed by atoms with van der Waals surface area (Å²) in [7, 11) is 4.61. The summed E-state index contributed by atoms with van der Waals surface area (Å²) in [5.74, 6) is 0.901. The Bertz CT molecular complexity index is 865. The maximum absolute atomic E-state index is 12.7. The summed E-state index contributed by atoms with van der Waals surface area (Å²) in [4.78, 5) is 26.6. The zero-order valence-corrected chi connectivity index (χ0v) is 16.1. The Balaban J connectivity index is 1.84. The van der Waals surface area contributed by atoms with Gasteiger partial charge in [0.1, 0.15) is 5.75 Å². The number of rotatable bonds is 5. The maximum atomic E-state index is 12.7. The Hall–Kier alpha value is -2.73. The van der Waals surface area contributed by atoms with Gasteiger partial charge in [-0.2, -0.15) is 0 Å². The van der Waals surface area contributed by atoms with E-state index in [1.165, 1.54) is 12.0 Å². The topological polar surface area (TPSA) is 65.1 Å². The van der Waals surface area contributed by atoms with Crippen LogP contribution in [0, 0.1) is 0 Å². The molecule has 0 aromatic heterocycles. The molecule has 2 aromatic carbocycles. The zero-order chi connectivity index (χ0) is 19.6. The summed E-state index contributed by atoms with van der Waals surface area (Å²) in [6.07, 6.45) is 0.426. The SMILES string of the molecule is COc1ccc(N2C(=O)CC(c3ccc(OC)c(OC)c3)CC2=O)cc1Cl.